The zero-order chi connectivity index (χ0) is 15.7. The van der Waals surface area contributed by atoms with Crippen LogP contribution in [0.2, 0.25) is 0 Å². The van der Waals surface area contributed by atoms with Crippen LogP contribution >= 0.6 is 0 Å². The molecule has 1 aromatic rings. The van der Waals surface area contributed by atoms with E-state index in [0.29, 0.717) is 17.5 Å². The second-order valence-corrected chi connectivity index (χ2v) is 6.12. The van der Waals surface area contributed by atoms with E-state index >= 15 is 0 Å². The number of β-lactam (4-membered cyclic amide) rings is 1. The van der Waals surface area contributed by atoms with Crippen molar-refractivity contribution in [1.29, 1.82) is 0 Å². The van der Waals surface area contributed by atoms with Gasteiger partial charge in [0, 0.05) is 6.04 Å². The molecule has 2 atom stereocenters. The summed E-state index contributed by atoms with van der Waals surface area (Å²) in [6.07, 6.45) is 5.83. The number of benzene rings is 1. The van der Waals surface area contributed by atoms with E-state index in [1.807, 2.05) is 23.1 Å². The normalized spacial score (nSPS) is 25.8. The highest BCUT2D eigenvalue weighted by Crippen LogP contribution is 2.41. The molecule has 22 heavy (non-hydrogen) atoms. The van der Waals surface area contributed by atoms with Crippen molar-refractivity contribution in [3.05, 3.63) is 23.8 Å². The average molecular weight is 304 g/mol. The van der Waals surface area contributed by atoms with Crippen LogP contribution in [0.3, 0.4) is 0 Å². The Kier molecular flexibility index (Phi) is 4.25. The molecule has 0 spiro atoms. The van der Waals surface area contributed by atoms with Gasteiger partial charge >= 0.3 is 0 Å². The van der Waals surface area contributed by atoms with Crippen LogP contribution in [-0.4, -0.2) is 37.1 Å². The number of amides is 1. The first kappa shape index (κ1) is 15.2. The van der Waals surface area contributed by atoms with Gasteiger partial charge in [-0.05, 0) is 30.5 Å². The van der Waals surface area contributed by atoms with E-state index in [1.165, 1.54) is 19.3 Å². The van der Waals surface area contributed by atoms with Gasteiger partial charge in [0.15, 0.2) is 11.5 Å². The highest BCUT2D eigenvalue weighted by molar-refractivity contribution is 5.90. The van der Waals surface area contributed by atoms with Crippen LogP contribution in [0, 0.1) is 0 Å². The Labute approximate surface area is 131 Å². The summed E-state index contributed by atoms with van der Waals surface area (Å²) >= 11 is 0. The predicted molar refractivity (Wildman–Crippen MR) is 84.0 cm³/mol. The number of hydrogen-bond acceptors (Lipinski definition) is 4. The van der Waals surface area contributed by atoms with Gasteiger partial charge in [-0.1, -0.05) is 25.3 Å². The Morgan fingerprint density at radius 2 is 1.77 bits per heavy atom. The largest absolute Gasteiger partial charge is 0.493 e. The lowest BCUT2D eigenvalue weighted by atomic mass is 9.83. The SMILES string of the molecule is COc1ccc([C@@H]2[C@H](N)C(=O)N2C2CCCCC2)cc1OC. The lowest BCUT2D eigenvalue weighted by molar-refractivity contribution is -0.155. The Balaban J connectivity index is 1.87. The maximum Gasteiger partial charge on any atom is 0.242 e. The summed E-state index contributed by atoms with van der Waals surface area (Å²) in [5.74, 6) is 1.44. The molecule has 1 amide bonds. The van der Waals surface area contributed by atoms with Crippen molar-refractivity contribution in [2.24, 2.45) is 5.73 Å². The maximum atomic E-state index is 12.3. The first-order valence-corrected chi connectivity index (χ1v) is 7.97. The molecule has 1 saturated carbocycles. The fourth-order valence-electron chi connectivity index (χ4n) is 3.71. The third kappa shape index (κ3) is 2.43. The minimum atomic E-state index is -0.444. The fraction of sp³-hybridized carbons (Fsp3) is 0.588. The number of nitrogens with zero attached hydrogens (tertiary/aromatic N) is 1. The summed E-state index contributed by atoms with van der Waals surface area (Å²) in [4.78, 5) is 14.3. The van der Waals surface area contributed by atoms with Gasteiger partial charge in [0.25, 0.3) is 0 Å². The molecule has 1 heterocycles. The quantitative estimate of drug-likeness (QED) is 0.867. The van der Waals surface area contributed by atoms with Crippen LogP contribution in [0.5, 0.6) is 11.5 Å². The monoisotopic (exact) mass is 304 g/mol. The number of methoxy groups -OCH3 is 2. The lowest BCUT2D eigenvalue weighted by Gasteiger charge is -2.51. The molecule has 0 bridgehead atoms. The van der Waals surface area contributed by atoms with Crippen molar-refractivity contribution in [2.45, 2.75) is 50.2 Å². The van der Waals surface area contributed by atoms with E-state index in [2.05, 4.69) is 0 Å². The molecule has 1 saturated heterocycles. The zero-order valence-corrected chi connectivity index (χ0v) is 13.2. The Morgan fingerprint density at radius 1 is 1.09 bits per heavy atom. The molecule has 2 aliphatic rings. The predicted octanol–water partition coefficient (Wildman–Crippen LogP) is 2.25. The van der Waals surface area contributed by atoms with Crippen molar-refractivity contribution in [3.63, 3.8) is 0 Å². The van der Waals surface area contributed by atoms with Gasteiger partial charge in [-0.25, -0.2) is 0 Å². The van der Waals surface area contributed by atoms with Crippen LogP contribution in [0.25, 0.3) is 0 Å². The van der Waals surface area contributed by atoms with E-state index in [-0.39, 0.29) is 11.9 Å². The van der Waals surface area contributed by atoms with Crippen molar-refractivity contribution < 1.29 is 14.3 Å². The molecular weight excluding hydrogens is 280 g/mol. The number of hydrogen-bond donors (Lipinski definition) is 1. The van der Waals surface area contributed by atoms with Crippen molar-refractivity contribution in [2.75, 3.05) is 14.2 Å². The van der Waals surface area contributed by atoms with E-state index in [4.69, 9.17) is 15.2 Å². The minimum Gasteiger partial charge on any atom is -0.493 e. The van der Waals surface area contributed by atoms with Crippen molar-refractivity contribution in [3.8, 4) is 11.5 Å². The molecule has 0 radical (unpaired) electrons. The third-order valence-electron chi connectivity index (χ3n) is 4.90. The third-order valence-corrected chi connectivity index (χ3v) is 4.90. The molecule has 5 heteroatoms. The second-order valence-electron chi connectivity index (χ2n) is 6.12. The lowest BCUT2D eigenvalue weighted by Crippen LogP contribution is -2.66. The molecular formula is C17H24N2O3. The van der Waals surface area contributed by atoms with E-state index in [9.17, 15) is 4.79 Å². The molecule has 5 nitrogen and oxygen atoms in total. The topological polar surface area (TPSA) is 64.8 Å². The van der Waals surface area contributed by atoms with Crippen LogP contribution in [0.4, 0.5) is 0 Å². The van der Waals surface area contributed by atoms with Gasteiger partial charge in [0.2, 0.25) is 5.91 Å². The molecule has 1 aromatic carbocycles. The van der Waals surface area contributed by atoms with Crippen LogP contribution < -0.4 is 15.2 Å². The Morgan fingerprint density at radius 3 is 2.41 bits per heavy atom. The van der Waals surface area contributed by atoms with Gasteiger partial charge in [0.1, 0.15) is 6.04 Å². The fourth-order valence-corrected chi connectivity index (χ4v) is 3.71. The average Bonchev–Trinajstić information content (AvgIpc) is 2.58. The molecule has 1 aliphatic heterocycles. The summed E-state index contributed by atoms with van der Waals surface area (Å²) in [6, 6.07) is 5.64. The molecule has 2 N–H and O–H groups in total. The van der Waals surface area contributed by atoms with Crippen LogP contribution in [0.1, 0.15) is 43.7 Å². The van der Waals surface area contributed by atoms with Crippen molar-refractivity contribution >= 4 is 5.91 Å². The van der Waals surface area contributed by atoms with Crippen LogP contribution in [0.15, 0.2) is 18.2 Å². The highest BCUT2D eigenvalue weighted by Gasteiger charge is 2.49. The van der Waals surface area contributed by atoms with E-state index in [1.54, 1.807) is 14.2 Å². The molecule has 2 fully saturated rings. The standard InChI is InChI=1S/C17H24N2O3/c1-21-13-9-8-11(10-14(13)22-2)16-15(18)17(20)19(16)12-6-4-3-5-7-12/h8-10,12,15-16H,3-7,18H2,1-2H3/t15-,16+/m0/s1. The highest BCUT2D eigenvalue weighted by atomic mass is 16.5. The Bertz CT molecular complexity index is 555. The smallest absolute Gasteiger partial charge is 0.242 e. The van der Waals surface area contributed by atoms with Crippen LogP contribution in [-0.2, 0) is 4.79 Å². The van der Waals surface area contributed by atoms with Gasteiger partial charge in [-0.2, -0.15) is 0 Å². The Hall–Kier alpha value is -1.75. The molecule has 3 rings (SSSR count). The summed E-state index contributed by atoms with van der Waals surface area (Å²) in [7, 11) is 3.23. The number of nitrogens with two attached hydrogens (primary N) is 1. The molecule has 1 aliphatic carbocycles. The van der Waals surface area contributed by atoms with E-state index in [0.717, 1.165) is 18.4 Å². The number of likely N-dealkylation sites (tertiary alicyclic amines) is 1. The summed E-state index contributed by atoms with van der Waals surface area (Å²) < 4.78 is 10.6. The summed E-state index contributed by atoms with van der Waals surface area (Å²) in [5, 5.41) is 0. The number of rotatable bonds is 4. The van der Waals surface area contributed by atoms with Gasteiger partial charge in [-0.15, -0.1) is 0 Å². The zero-order valence-electron chi connectivity index (χ0n) is 13.2. The maximum absolute atomic E-state index is 12.3. The first-order chi connectivity index (χ1) is 10.7. The second kappa shape index (κ2) is 6.16. The summed E-state index contributed by atoms with van der Waals surface area (Å²) in [5.41, 5.74) is 7.12. The summed E-state index contributed by atoms with van der Waals surface area (Å²) in [6.45, 7) is 0. The number of carbonyl (C=O) groups is 1. The molecule has 120 valence electrons. The van der Waals surface area contributed by atoms with Crippen molar-refractivity contribution in [1.82, 2.24) is 4.90 Å². The molecule has 0 aromatic heterocycles. The number of carbonyl (C=O) groups excluding carboxylic acids is 1. The van der Waals surface area contributed by atoms with Gasteiger partial charge < -0.3 is 20.1 Å². The van der Waals surface area contributed by atoms with E-state index < -0.39 is 6.04 Å². The first-order valence-electron chi connectivity index (χ1n) is 7.97. The number of ether oxygens (including phenoxy) is 2. The van der Waals surface area contributed by atoms with Gasteiger partial charge in [-0.3, -0.25) is 4.79 Å². The minimum absolute atomic E-state index is 0.0459. The van der Waals surface area contributed by atoms with Gasteiger partial charge in [0.05, 0.1) is 20.3 Å². The molecule has 0 unspecified atom stereocenters.